The number of carbonyl (C=O) groups is 1. The van der Waals surface area contributed by atoms with E-state index in [9.17, 15) is 4.79 Å². The van der Waals surface area contributed by atoms with Crippen molar-refractivity contribution in [1.29, 1.82) is 0 Å². The van der Waals surface area contributed by atoms with Crippen molar-refractivity contribution >= 4 is 18.3 Å². The second-order valence-electron chi connectivity index (χ2n) is 8.95. The van der Waals surface area contributed by atoms with E-state index in [0.29, 0.717) is 17.5 Å². The molecule has 5 nitrogen and oxygen atoms in total. The molecule has 3 aliphatic carbocycles. The number of nitrogens with two attached hydrogens (primary N) is 1. The molecule has 27 heavy (non-hydrogen) atoms. The van der Waals surface area contributed by atoms with Gasteiger partial charge in [0.15, 0.2) is 0 Å². The van der Waals surface area contributed by atoms with Crippen LogP contribution in [0.15, 0.2) is 18.3 Å². The van der Waals surface area contributed by atoms with Crippen LogP contribution < -0.4 is 5.73 Å². The molecule has 1 aromatic rings. The van der Waals surface area contributed by atoms with Crippen molar-refractivity contribution in [3.8, 4) is 0 Å². The Morgan fingerprint density at radius 2 is 1.89 bits per heavy atom. The second-order valence-corrected chi connectivity index (χ2v) is 8.95. The third kappa shape index (κ3) is 2.99. The Hall–Kier alpha value is -1.17. The monoisotopic (exact) mass is 391 g/mol. The summed E-state index contributed by atoms with van der Waals surface area (Å²) in [6, 6.07) is 4.69. The van der Waals surface area contributed by atoms with Crippen LogP contribution in [0, 0.1) is 23.7 Å². The average molecular weight is 392 g/mol. The zero-order valence-electron chi connectivity index (χ0n) is 16.0. The van der Waals surface area contributed by atoms with Crippen LogP contribution >= 0.6 is 12.4 Å². The molecule has 0 aromatic carbocycles. The Bertz CT molecular complexity index is 703. The number of rotatable bonds is 4. The fraction of sp³-hybridized carbons (Fsp3) is 0.714. The van der Waals surface area contributed by atoms with Gasteiger partial charge in [0.1, 0.15) is 11.3 Å². The zero-order valence-corrected chi connectivity index (χ0v) is 16.8. The van der Waals surface area contributed by atoms with E-state index in [1.807, 2.05) is 19.2 Å². The lowest BCUT2D eigenvalue weighted by Gasteiger charge is -2.56. The molecule has 6 heteroatoms. The lowest BCUT2D eigenvalue weighted by molar-refractivity contribution is -0.174. The molecule has 2 bridgehead atoms. The summed E-state index contributed by atoms with van der Waals surface area (Å²) in [6.07, 6.45) is 9.66. The van der Waals surface area contributed by atoms with Crippen LogP contribution in [0.4, 0.5) is 0 Å². The van der Waals surface area contributed by atoms with Gasteiger partial charge in [-0.25, -0.2) is 0 Å². The molecule has 0 spiro atoms. The van der Waals surface area contributed by atoms with Crippen molar-refractivity contribution in [3.05, 3.63) is 29.6 Å². The van der Waals surface area contributed by atoms with Crippen molar-refractivity contribution < 1.29 is 9.53 Å². The second kappa shape index (κ2) is 7.02. The molecule has 1 aromatic heterocycles. The van der Waals surface area contributed by atoms with Crippen molar-refractivity contribution in [2.75, 3.05) is 20.2 Å². The van der Waals surface area contributed by atoms with E-state index in [1.54, 1.807) is 6.20 Å². The molecule has 1 aliphatic heterocycles. The van der Waals surface area contributed by atoms with E-state index < -0.39 is 5.91 Å². The number of carbonyl (C=O) groups excluding carboxylic acids is 1. The Morgan fingerprint density at radius 3 is 2.48 bits per heavy atom. The number of ether oxygens (including phenoxy) is 1. The van der Waals surface area contributed by atoms with Gasteiger partial charge >= 0.3 is 0 Å². The van der Waals surface area contributed by atoms with Crippen LogP contribution in [-0.4, -0.2) is 42.0 Å². The number of primary amides is 1. The number of hydrogen-bond donors (Lipinski definition) is 1. The molecule has 0 radical (unpaired) electrons. The highest BCUT2D eigenvalue weighted by Gasteiger charge is 2.56. The van der Waals surface area contributed by atoms with Gasteiger partial charge < -0.3 is 10.5 Å². The number of amides is 1. The summed E-state index contributed by atoms with van der Waals surface area (Å²) in [7, 11) is 1.84. The first-order chi connectivity index (χ1) is 12.6. The number of pyridine rings is 1. The highest BCUT2D eigenvalue weighted by Crippen LogP contribution is 2.56. The summed E-state index contributed by atoms with van der Waals surface area (Å²) in [6.45, 7) is 2.23. The molecule has 4 aliphatic rings. The normalized spacial score (nSPS) is 40.1. The summed E-state index contributed by atoms with van der Waals surface area (Å²) < 4.78 is 6.30. The molecule has 1 amide bonds. The molecule has 4 fully saturated rings. The van der Waals surface area contributed by atoms with E-state index in [-0.39, 0.29) is 18.0 Å². The van der Waals surface area contributed by atoms with Gasteiger partial charge in [0.2, 0.25) is 0 Å². The first kappa shape index (κ1) is 19.2. The van der Waals surface area contributed by atoms with Crippen molar-refractivity contribution in [2.45, 2.75) is 50.2 Å². The maximum Gasteiger partial charge on any atom is 0.267 e. The van der Waals surface area contributed by atoms with E-state index in [0.717, 1.165) is 36.5 Å². The predicted molar refractivity (Wildman–Crippen MR) is 106 cm³/mol. The molecule has 148 valence electrons. The molecule has 2 heterocycles. The summed E-state index contributed by atoms with van der Waals surface area (Å²) in [5.41, 5.74) is 6.61. The predicted octanol–water partition coefficient (Wildman–Crippen LogP) is 2.97. The SMILES string of the molecule is CO[C@]1(c2ccnc(C(N)=O)c2)[C@@H]2CCC[C@H]1CN([C@H]1C[C@H]3C[C@H]3C1)C2.Cl. The summed E-state index contributed by atoms with van der Waals surface area (Å²) >= 11 is 0. The fourth-order valence-electron chi connectivity index (χ4n) is 6.48. The highest BCUT2D eigenvalue weighted by atomic mass is 35.5. The third-order valence-corrected chi connectivity index (χ3v) is 7.76. The first-order valence-electron chi connectivity index (χ1n) is 10.2. The van der Waals surface area contributed by atoms with Gasteiger partial charge in [-0.15, -0.1) is 12.4 Å². The molecule has 5 rings (SSSR count). The Kier molecular flexibility index (Phi) is 4.98. The van der Waals surface area contributed by atoms with Gasteiger partial charge in [0.05, 0.1) is 0 Å². The summed E-state index contributed by atoms with van der Waals surface area (Å²) in [5, 5.41) is 0. The van der Waals surface area contributed by atoms with Gasteiger partial charge in [0.25, 0.3) is 5.91 Å². The van der Waals surface area contributed by atoms with E-state index in [4.69, 9.17) is 10.5 Å². The molecule has 3 saturated carbocycles. The van der Waals surface area contributed by atoms with Crippen molar-refractivity contribution in [3.63, 3.8) is 0 Å². The van der Waals surface area contributed by atoms with Gasteiger partial charge in [-0.1, -0.05) is 6.42 Å². The van der Waals surface area contributed by atoms with Crippen LogP contribution in [0.5, 0.6) is 0 Å². The van der Waals surface area contributed by atoms with Crippen molar-refractivity contribution in [2.24, 2.45) is 29.4 Å². The molecule has 6 atom stereocenters. The molecule has 2 N–H and O–H groups in total. The van der Waals surface area contributed by atoms with Gasteiger partial charge in [-0.05, 0) is 61.6 Å². The summed E-state index contributed by atoms with van der Waals surface area (Å²) in [4.78, 5) is 18.6. The number of nitrogens with zero attached hydrogens (tertiary/aromatic N) is 2. The Labute approximate surface area is 167 Å². The van der Waals surface area contributed by atoms with Crippen LogP contribution in [-0.2, 0) is 10.3 Å². The number of aromatic nitrogens is 1. The molecular weight excluding hydrogens is 362 g/mol. The lowest BCUT2D eigenvalue weighted by Crippen LogP contribution is -2.60. The summed E-state index contributed by atoms with van der Waals surface area (Å²) in [5.74, 6) is 2.52. The average Bonchev–Trinajstić information content (AvgIpc) is 3.25. The minimum atomic E-state index is -0.467. The quantitative estimate of drug-likeness (QED) is 0.856. The smallest absolute Gasteiger partial charge is 0.267 e. The van der Waals surface area contributed by atoms with Gasteiger partial charge in [0, 0.05) is 44.3 Å². The van der Waals surface area contributed by atoms with Crippen molar-refractivity contribution in [1.82, 2.24) is 9.88 Å². The minimum Gasteiger partial charge on any atom is -0.373 e. The molecular formula is C21H30ClN3O2. The number of likely N-dealkylation sites (tertiary alicyclic amines) is 1. The van der Waals surface area contributed by atoms with Crippen LogP contribution in [0.1, 0.15) is 54.6 Å². The van der Waals surface area contributed by atoms with E-state index in [2.05, 4.69) is 9.88 Å². The number of hydrogen-bond acceptors (Lipinski definition) is 4. The van der Waals surface area contributed by atoms with Gasteiger partial charge in [-0.3, -0.25) is 14.7 Å². The van der Waals surface area contributed by atoms with Crippen LogP contribution in [0.2, 0.25) is 0 Å². The maximum absolute atomic E-state index is 11.6. The largest absolute Gasteiger partial charge is 0.373 e. The first-order valence-corrected chi connectivity index (χ1v) is 10.2. The van der Waals surface area contributed by atoms with Crippen LogP contribution in [0.3, 0.4) is 0 Å². The highest BCUT2D eigenvalue weighted by molar-refractivity contribution is 5.90. The van der Waals surface area contributed by atoms with E-state index >= 15 is 0 Å². The molecule has 0 unspecified atom stereocenters. The number of piperidine rings is 1. The topological polar surface area (TPSA) is 68.5 Å². The number of methoxy groups -OCH3 is 1. The van der Waals surface area contributed by atoms with Crippen LogP contribution in [0.25, 0.3) is 0 Å². The molecule has 1 saturated heterocycles. The standard InChI is InChI=1S/C21H29N3O2.ClH/c1-26-21(15-5-6-23-19(10-15)20(22)25)16-3-2-4-17(21)12-24(11-16)18-8-13-7-14(13)9-18;/h5-6,10,13-14,16-18H,2-4,7-9,11-12H2,1H3,(H2,22,25);1H/t13-,14+,16-,17+,18+,21-;. The van der Waals surface area contributed by atoms with E-state index in [1.165, 1.54) is 38.5 Å². The number of halogens is 1. The van der Waals surface area contributed by atoms with Gasteiger partial charge in [-0.2, -0.15) is 0 Å². The Balaban J connectivity index is 0.00000180. The third-order valence-electron chi connectivity index (χ3n) is 7.76. The fourth-order valence-corrected chi connectivity index (χ4v) is 6.48. The Morgan fingerprint density at radius 1 is 1.22 bits per heavy atom. The maximum atomic E-state index is 11.6. The minimum absolute atomic E-state index is 0. The number of fused-ring (bicyclic) bond motifs is 3. The zero-order chi connectivity index (χ0) is 17.9. The lowest BCUT2D eigenvalue weighted by atomic mass is 9.62.